The van der Waals surface area contributed by atoms with E-state index in [1.807, 2.05) is 0 Å². The molecule has 1 aliphatic rings. The number of morpholine rings is 1. The van der Waals surface area contributed by atoms with Gasteiger partial charge in [0.1, 0.15) is 6.04 Å². The number of aliphatic hydroxyl groups is 1. The maximum atomic E-state index is 11.7. The van der Waals surface area contributed by atoms with Gasteiger partial charge >= 0.3 is 0 Å². The summed E-state index contributed by atoms with van der Waals surface area (Å²) < 4.78 is 5.11. The van der Waals surface area contributed by atoms with Crippen LogP contribution in [0.25, 0.3) is 0 Å². The van der Waals surface area contributed by atoms with E-state index in [1.54, 1.807) is 4.90 Å². The lowest BCUT2D eigenvalue weighted by molar-refractivity contribution is -0.139. The Kier molecular flexibility index (Phi) is 4.60. The van der Waals surface area contributed by atoms with Crippen molar-refractivity contribution < 1.29 is 14.6 Å². The third-order valence-electron chi connectivity index (χ3n) is 2.19. The standard InChI is InChI=1S/C8H15ClN2O3/c1-6(12)7(10-9)8(13)11-2-4-14-5-3-11/h6-7,10,12H,2-5H2,1H3/t6-,7+/m1/s1. The van der Waals surface area contributed by atoms with E-state index in [1.165, 1.54) is 6.92 Å². The first kappa shape index (κ1) is 11.7. The molecule has 0 saturated carbocycles. The van der Waals surface area contributed by atoms with Crippen LogP contribution in [-0.4, -0.2) is 54.4 Å². The predicted octanol–water partition coefficient (Wildman–Crippen LogP) is -0.662. The number of halogens is 1. The van der Waals surface area contributed by atoms with Crippen molar-refractivity contribution in [1.82, 2.24) is 9.74 Å². The molecule has 82 valence electrons. The van der Waals surface area contributed by atoms with Gasteiger partial charge in [-0.1, -0.05) is 0 Å². The second-order valence-corrected chi connectivity index (χ2v) is 3.48. The van der Waals surface area contributed by atoms with Crippen molar-refractivity contribution >= 4 is 17.7 Å². The SMILES string of the molecule is C[C@@H](O)[C@H](NCl)C(=O)N1CCOCC1. The van der Waals surface area contributed by atoms with Gasteiger partial charge in [-0.25, -0.2) is 4.84 Å². The minimum absolute atomic E-state index is 0.182. The van der Waals surface area contributed by atoms with E-state index in [2.05, 4.69) is 4.84 Å². The van der Waals surface area contributed by atoms with E-state index in [0.717, 1.165) is 0 Å². The Labute approximate surface area is 88.1 Å². The van der Waals surface area contributed by atoms with Crippen LogP contribution >= 0.6 is 11.8 Å². The van der Waals surface area contributed by atoms with E-state index >= 15 is 0 Å². The smallest absolute Gasteiger partial charge is 0.243 e. The second kappa shape index (κ2) is 5.50. The van der Waals surface area contributed by atoms with Crippen LogP contribution in [-0.2, 0) is 9.53 Å². The number of ether oxygens (including phenoxy) is 1. The largest absolute Gasteiger partial charge is 0.391 e. The minimum atomic E-state index is -0.803. The molecule has 1 fully saturated rings. The van der Waals surface area contributed by atoms with Crippen molar-refractivity contribution in [3.05, 3.63) is 0 Å². The van der Waals surface area contributed by atoms with E-state index in [4.69, 9.17) is 16.5 Å². The number of nitrogens with zero attached hydrogens (tertiary/aromatic N) is 1. The van der Waals surface area contributed by atoms with Crippen molar-refractivity contribution in [2.45, 2.75) is 19.1 Å². The first-order valence-corrected chi connectivity index (χ1v) is 4.95. The lowest BCUT2D eigenvalue weighted by Crippen LogP contribution is -2.52. The van der Waals surface area contributed by atoms with Gasteiger partial charge in [0.15, 0.2) is 0 Å². The molecule has 0 spiro atoms. The van der Waals surface area contributed by atoms with Gasteiger partial charge in [-0.2, -0.15) is 0 Å². The summed E-state index contributed by atoms with van der Waals surface area (Å²) in [7, 11) is 0. The highest BCUT2D eigenvalue weighted by atomic mass is 35.5. The van der Waals surface area contributed by atoms with Crippen molar-refractivity contribution in [2.24, 2.45) is 0 Å². The molecule has 0 bridgehead atoms. The highest BCUT2D eigenvalue weighted by Crippen LogP contribution is 2.04. The van der Waals surface area contributed by atoms with Crippen molar-refractivity contribution in [2.75, 3.05) is 26.3 Å². The van der Waals surface area contributed by atoms with Crippen LogP contribution in [0.5, 0.6) is 0 Å². The van der Waals surface area contributed by atoms with Crippen LogP contribution in [0.3, 0.4) is 0 Å². The number of aliphatic hydroxyl groups excluding tert-OH is 1. The summed E-state index contributed by atoms with van der Waals surface area (Å²) in [6.07, 6.45) is -0.803. The van der Waals surface area contributed by atoms with Crippen LogP contribution in [0, 0.1) is 0 Å². The molecule has 14 heavy (non-hydrogen) atoms. The fraction of sp³-hybridized carbons (Fsp3) is 0.875. The number of hydrogen-bond donors (Lipinski definition) is 2. The maximum Gasteiger partial charge on any atom is 0.243 e. The van der Waals surface area contributed by atoms with Crippen molar-refractivity contribution in [3.8, 4) is 0 Å². The van der Waals surface area contributed by atoms with Gasteiger partial charge in [0.25, 0.3) is 0 Å². The Hall–Kier alpha value is -0.360. The lowest BCUT2D eigenvalue weighted by atomic mass is 10.1. The zero-order chi connectivity index (χ0) is 10.6. The molecule has 2 N–H and O–H groups in total. The predicted molar refractivity (Wildman–Crippen MR) is 51.9 cm³/mol. The molecule has 1 amide bonds. The van der Waals surface area contributed by atoms with Gasteiger partial charge in [0, 0.05) is 13.1 Å². The summed E-state index contributed by atoms with van der Waals surface area (Å²) >= 11 is 5.39. The van der Waals surface area contributed by atoms with Crippen LogP contribution in [0.15, 0.2) is 0 Å². The Morgan fingerprint density at radius 2 is 2.14 bits per heavy atom. The topological polar surface area (TPSA) is 61.8 Å². The molecule has 0 unspecified atom stereocenters. The average molecular weight is 223 g/mol. The number of rotatable bonds is 3. The molecule has 0 aromatic heterocycles. The molecule has 0 aliphatic carbocycles. The molecule has 1 saturated heterocycles. The number of carbonyl (C=O) groups is 1. The summed E-state index contributed by atoms with van der Waals surface area (Å²) in [6.45, 7) is 3.72. The van der Waals surface area contributed by atoms with Gasteiger partial charge in [-0.3, -0.25) is 4.79 Å². The molecule has 6 heteroatoms. The van der Waals surface area contributed by atoms with Crippen LogP contribution in [0.4, 0.5) is 0 Å². The normalized spacial score (nSPS) is 21.8. The zero-order valence-electron chi connectivity index (χ0n) is 8.07. The third kappa shape index (κ3) is 2.81. The highest BCUT2D eigenvalue weighted by molar-refractivity contribution is 6.15. The Balaban J connectivity index is 2.52. The summed E-state index contributed by atoms with van der Waals surface area (Å²) in [5, 5.41) is 9.29. The Morgan fingerprint density at radius 1 is 1.57 bits per heavy atom. The number of nitrogens with one attached hydrogen (secondary N) is 1. The number of hydrogen-bond acceptors (Lipinski definition) is 4. The molecular weight excluding hydrogens is 208 g/mol. The molecule has 0 aromatic rings. The zero-order valence-corrected chi connectivity index (χ0v) is 8.83. The molecule has 2 atom stereocenters. The molecule has 0 aromatic carbocycles. The first-order valence-electron chi connectivity index (χ1n) is 4.57. The average Bonchev–Trinajstić information content (AvgIpc) is 2.19. The lowest BCUT2D eigenvalue weighted by Gasteiger charge is -2.30. The summed E-state index contributed by atoms with van der Waals surface area (Å²) in [6, 6.07) is -0.741. The second-order valence-electron chi connectivity index (χ2n) is 3.27. The van der Waals surface area contributed by atoms with Crippen molar-refractivity contribution in [1.29, 1.82) is 0 Å². The van der Waals surface area contributed by atoms with Crippen molar-refractivity contribution in [3.63, 3.8) is 0 Å². The van der Waals surface area contributed by atoms with Gasteiger partial charge < -0.3 is 14.7 Å². The summed E-state index contributed by atoms with van der Waals surface area (Å²) in [5.74, 6) is -0.182. The first-order chi connectivity index (χ1) is 6.66. The Morgan fingerprint density at radius 3 is 2.57 bits per heavy atom. The quantitative estimate of drug-likeness (QED) is 0.623. The van der Waals surface area contributed by atoms with Crippen LogP contribution < -0.4 is 4.84 Å². The fourth-order valence-electron chi connectivity index (χ4n) is 1.32. The maximum absolute atomic E-state index is 11.7. The van der Waals surface area contributed by atoms with Gasteiger partial charge in [0.2, 0.25) is 5.91 Å². The van der Waals surface area contributed by atoms with Crippen LogP contribution in [0.2, 0.25) is 0 Å². The molecule has 0 radical (unpaired) electrons. The monoisotopic (exact) mass is 222 g/mol. The summed E-state index contributed by atoms with van der Waals surface area (Å²) in [4.78, 5) is 15.7. The third-order valence-corrected chi connectivity index (χ3v) is 2.42. The van der Waals surface area contributed by atoms with Gasteiger partial charge in [0.05, 0.1) is 19.3 Å². The molecular formula is C8H15ClN2O3. The Bertz CT molecular complexity index is 195. The van der Waals surface area contributed by atoms with E-state index in [-0.39, 0.29) is 5.91 Å². The van der Waals surface area contributed by atoms with Gasteiger partial charge in [-0.05, 0) is 18.7 Å². The highest BCUT2D eigenvalue weighted by Gasteiger charge is 2.28. The minimum Gasteiger partial charge on any atom is -0.391 e. The van der Waals surface area contributed by atoms with E-state index in [9.17, 15) is 9.90 Å². The van der Waals surface area contributed by atoms with Crippen LogP contribution in [0.1, 0.15) is 6.92 Å². The fourth-order valence-corrected chi connectivity index (χ4v) is 1.60. The van der Waals surface area contributed by atoms with Gasteiger partial charge in [-0.15, -0.1) is 0 Å². The molecule has 1 heterocycles. The molecule has 5 nitrogen and oxygen atoms in total. The van der Waals surface area contributed by atoms with E-state index in [0.29, 0.717) is 26.3 Å². The number of amides is 1. The molecule has 1 rings (SSSR count). The molecule has 1 aliphatic heterocycles. The summed E-state index contributed by atoms with van der Waals surface area (Å²) in [5.41, 5.74) is 0. The number of carbonyl (C=O) groups excluding carboxylic acids is 1. The van der Waals surface area contributed by atoms with E-state index < -0.39 is 12.1 Å².